The van der Waals surface area contributed by atoms with E-state index in [1.807, 2.05) is 30.3 Å². The second-order valence-corrected chi connectivity index (χ2v) is 4.15. The maximum absolute atomic E-state index is 11.7. The summed E-state index contributed by atoms with van der Waals surface area (Å²) < 4.78 is 5.18. The summed E-state index contributed by atoms with van der Waals surface area (Å²) in [5.74, 6) is -0.267. The molecular weight excluding hydrogens is 202 g/mol. The first-order valence-corrected chi connectivity index (χ1v) is 5.29. The fraction of sp³-hybridized carbons (Fsp3) is 0.308. The van der Waals surface area contributed by atoms with E-state index in [2.05, 4.69) is 6.58 Å². The van der Waals surface area contributed by atoms with Crippen LogP contribution in [-0.4, -0.2) is 11.5 Å². The van der Waals surface area contributed by atoms with Gasteiger partial charge < -0.3 is 10.5 Å². The fourth-order valence-corrected chi connectivity index (χ4v) is 1.69. The molecule has 1 aliphatic rings. The van der Waals surface area contributed by atoms with Gasteiger partial charge in [0.05, 0.1) is 0 Å². The Balaban J connectivity index is 1.88. The highest BCUT2D eigenvalue weighted by atomic mass is 16.5. The van der Waals surface area contributed by atoms with Gasteiger partial charge >= 0.3 is 5.97 Å². The van der Waals surface area contributed by atoms with Crippen LogP contribution in [0.4, 0.5) is 0 Å². The standard InChI is InChI=1S/C13H15NO2/c1-2-11-8-13(11,14)12(15)16-9-10-6-4-3-5-7-10/h2-7,11H,1,8-9,14H2/t11-,13+/m0/s1. The number of esters is 1. The van der Waals surface area contributed by atoms with Gasteiger partial charge in [-0.2, -0.15) is 0 Å². The number of ether oxygens (including phenoxy) is 1. The Labute approximate surface area is 94.9 Å². The number of rotatable bonds is 4. The van der Waals surface area contributed by atoms with Crippen LogP contribution in [0.25, 0.3) is 0 Å². The molecule has 1 aliphatic carbocycles. The van der Waals surface area contributed by atoms with Crippen molar-refractivity contribution in [2.45, 2.75) is 18.6 Å². The van der Waals surface area contributed by atoms with Gasteiger partial charge in [0, 0.05) is 5.92 Å². The minimum atomic E-state index is -0.823. The summed E-state index contributed by atoms with van der Waals surface area (Å²) in [7, 11) is 0. The Morgan fingerprint density at radius 3 is 2.81 bits per heavy atom. The van der Waals surface area contributed by atoms with Crippen molar-refractivity contribution in [3.05, 3.63) is 48.6 Å². The number of carbonyl (C=O) groups is 1. The number of nitrogens with two attached hydrogens (primary N) is 1. The van der Waals surface area contributed by atoms with Crippen molar-refractivity contribution >= 4 is 5.97 Å². The summed E-state index contributed by atoms with van der Waals surface area (Å²) >= 11 is 0. The predicted octanol–water partition coefficient (Wildman–Crippen LogP) is 1.63. The van der Waals surface area contributed by atoms with Crippen LogP contribution in [0.1, 0.15) is 12.0 Å². The van der Waals surface area contributed by atoms with Gasteiger partial charge in [-0.15, -0.1) is 6.58 Å². The molecule has 0 unspecified atom stereocenters. The van der Waals surface area contributed by atoms with Crippen LogP contribution in [0.5, 0.6) is 0 Å². The lowest BCUT2D eigenvalue weighted by atomic mass is 10.2. The Kier molecular flexibility index (Phi) is 2.79. The minimum Gasteiger partial charge on any atom is -0.459 e. The van der Waals surface area contributed by atoms with Crippen LogP contribution >= 0.6 is 0 Å². The third-order valence-corrected chi connectivity index (χ3v) is 2.94. The summed E-state index contributed by atoms with van der Waals surface area (Å²) in [6, 6.07) is 9.56. The molecule has 0 heterocycles. The van der Waals surface area contributed by atoms with Crippen molar-refractivity contribution in [2.75, 3.05) is 0 Å². The van der Waals surface area contributed by atoms with E-state index in [0.29, 0.717) is 6.42 Å². The third kappa shape index (κ3) is 1.99. The van der Waals surface area contributed by atoms with Gasteiger partial charge in [0.2, 0.25) is 0 Å². The molecule has 0 spiro atoms. The molecule has 1 saturated carbocycles. The Bertz CT molecular complexity index is 402. The van der Waals surface area contributed by atoms with Gasteiger partial charge in [0.1, 0.15) is 12.1 Å². The summed E-state index contributed by atoms with van der Waals surface area (Å²) in [6.45, 7) is 3.91. The summed E-state index contributed by atoms with van der Waals surface area (Å²) in [6.07, 6.45) is 2.36. The molecule has 2 atom stereocenters. The van der Waals surface area contributed by atoms with Crippen molar-refractivity contribution in [3.63, 3.8) is 0 Å². The number of carbonyl (C=O) groups excluding carboxylic acids is 1. The van der Waals surface area contributed by atoms with Gasteiger partial charge in [-0.05, 0) is 12.0 Å². The first kappa shape index (κ1) is 10.9. The lowest BCUT2D eigenvalue weighted by Gasteiger charge is -2.10. The second kappa shape index (κ2) is 4.10. The van der Waals surface area contributed by atoms with Crippen molar-refractivity contribution in [1.29, 1.82) is 0 Å². The third-order valence-electron chi connectivity index (χ3n) is 2.94. The van der Waals surface area contributed by atoms with E-state index in [-0.39, 0.29) is 18.5 Å². The maximum atomic E-state index is 11.7. The molecule has 0 amide bonds. The van der Waals surface area contributed by atoms with Gasteiger partial charge in [-0.25, -0.2) is 0 Å². The van der Waals surface area contributed by atoms with Crippen molar-refractivity contribution in [2.24, 2.45) is 11.7 Å². The Hall–Kier alpha value is -1.61. The van der Waals surface area contributed by atoms with Crippen LogP contribution in [0, 0.1) is 5.92 Å². The zero-order chi connectivity index (χ0) is 11.6. The quantitative estimate of drug-likeness (QED) is 0.616. The first-order valence-electron chi connectivity index (χ1n) is 5.29. The summed E-state index contributed by atoms with van der Waals surface area (Å²) in [4.78, 5) is 11.7. The van der Waals surface area contributed by atoms with E-state index in [0.717, 1.165) is 5.56 Å². The van der Waals surface area contributed by atoms with E-state index >= 15 is 0 Å². The number of hydrogen-bond donors (Lipinski definition) is 1. The topological polar surface area (TPSA) is 52.3 Å². The first-order chi connectivity index (χ1) is 7.66. The highest BCUT2D eigenvalue weighted by molar-refractivity contribution is 5.85. The summed E-state index contributed by atoms with van der Waals surface area (Å²) in [5, 5.41) is 0. The van der Waals surface area contributed by atoms with Crippen LogP contribution in [0.2, 0.25) is 0 Å². The number of benzene rings is 1. The van der Waals surface area contributed by atoms with Crippen molar-refractivity contribution < 1.29 is 9.53 Å². The molecule has 0 aromatic heterocycles. The Morgan fingerprint density at radius 1 is 1.56 bits per heavy atom. The van der Waals surface area contributed by atoms with Gasteiger partial charge in [-0.3, -0.25) is 4.79 Å². The summed E-state index contributed by atoms with van der Waals surface area (Å²) in [5.41, 5.74) is 6.01. The molecule has 0 aliphatic heterocycles. The van der Waals surface area contributed by atoms with Crippen molar-refractivity contribution in [1.82, 2.24) is 0 Å². The normalized spacial score (nSPS) is 27.2. The molecule has 16 heavy (non-hydrogen) atoms. The van der Waals surface area contributed by atoms with Gasteiger partial charge in [0.15, 0.2) is 0 Å². The highest BCUT2D eigenvalue weighted by Gasteiger charge is 2.56. The molecule has 84 valence electrons. The zero-order valence-electron chi connectivity index (χ0n) is 9.06. The largest absolute Gasteiger partial charge is 0.459 e. The molecule has 2 N–H and O–H groups in total. The van der Waals surface area contributed by atoms with E-state index in [1.54, 1.807) is 6.08 Å². The minimum absolute atomic E-state index is 0.0655. The molecule has 1 aromatic rings. The highest BCUT2D eigenvalue weighted by Crippen LogP contribution is 2.42. The SMILES string of the molecule is C=C[C@H]1C[C@]1(N)C(=O)OCc1ccccc1. The van der Waals surface area contributed by atoms with Gasteiger partial charge in [-0.1, -0.05) is 36.4 Å². The monoisotopic (exact) mass is 217 g/mol. The van der Waals surface area contributed by atoms with Crippen LogP contribution < -0.4 is 5.73 Å². The average molecular weight is 217 g/mol. The van der Waals surface area contributed by atoms with Crippen molar-refractivity contribution in [3.8, 4) is 0 Å². The van der Waals surface area contributed by atoms with E-state index in [1.165, 1.54) is 0 Å². The molecule has 3 nitrogen and oxygen atoms in total. The lowest BCUT2D eigenvalue weighted by Crippen LogP contribution is -2.36. The molecule has 1 fully saturated rings. The average Bonchev–Trinajstić information content (AvgIpc) is 3.00. The Morgan fingerprint density at radius 2 is 2.25 bits per heavy atom. The van der Waals surface area contributed by atoms with E-state index in [4.69, 9.17) is 10.5 Å². The van der Waals surface area contributed by atoms with E-state index < -0.39 is 5.54 Å². The van der Waals surface area contributed by atoms with Crippen LogP contribution in [0.15, 0.2) is 43.0 Å². The second-order valence-electron chi connectivity index (χ2n) is 4.15. The maximum Gasteiger partial charge on any atom is 0.327 e. The number of hydrogen-bond acceptors (Lipinski definition) is 3. The predicted molar refractivity (Wildman–Crippen MR) is 61.5 cm³/mol. The smallest absolute Gasteiger partial charge is 0.327 e. The van der Waals surface area contributed by atoms with Crippen LogP contribution in [0.3, 0.4) is 0 Å². The molecular formula is C13H15NO2. The zero-order valence-corrected chi connectivity index (χ0v) is 9.06. The van der Waals surface area contributed by atoms with Gasteiger partial charge in [0.25, 0.3) is 0 Å². The lowest BCUT2D eigenvalue weighted by molar-refractivity contribution is -0.148. The molecule has 0 saturated heterocycles. The molecule has 2 rings (SSSR count). The fourth-order valence-electron chi connectivity index (χ4n) is 1.69. The van der Waals surface area contributed by atoms with E-state index in [9.17, 15) is 4.79 Å². The van der Waals surface area contributed by atoms with Crippen LogP contribution in [-0.2, 0) is 16.1 Å². The molecule has 0 bridgehead atoms. The molecule has 0 radical (unpaired) electrons. The molecule has 3 heteroatoms. The molecule has 1 aromatic carbocycles.